The largest absolute Gasteiger partial charge is 0.381 e. The summed E-state index contributed by atoms with van der Waals surface area (Å²) in [5, 5.41) is 0. The third-order valence-corrected chi connectivity index (χ3v) is 1.22. The van der Waals surface area contributed by atoms with Crippen molar-refractivity contribution in [2.75, 3.05) is 5.73 Å². The van der Waals surface area contributed by atoms with Crippen molar-refractivity contribution in [1.82, 2.24) is 4.98 Å². The van der Waals surface area contributed by atoms with Crippen molar-refractivity contribution in [2.24, 2.45) is 0 Å². The van der Waals surface area contributed by atoms with Crippen LogP contribution in [0.25, 0.3) is 0 Å². The van der Waals surface area contributed by atoms with Crippen molar-refractivity contribution in [3.8, 4) is 0 Å². The maximum Gasteiger partial charge on any atom is 0.164 e. The van der Waals surface area contributed by atoms with E-state index >= 15 is 0 Å². The Morgan fingerprint density at radius 2 is 2.40 bits per heavy atom. The minimum Gasteiger partial charge on any atom is -0.381 e. The molecule has 1 aromatic rings. The molecule has 0 fully saturated rings. The van der Waals surface area contributed by atoms with E-state index in [1.54, 1.807) is 7.28 Å². The van der Waals surface area contributed by atoms with Crippen LogP contribution in [0, 0.1) is 5.82 Å². The summed E-state index contributed by atoms with van der Waals surface area (Å²) in [6.07, 6.45) is 1.53. The second kappa shape index (κ2) is 2.69. The normalized spacial score (nSPS) is 9.40. The molecular formula is C6H7BFN2. The van der Waals surface area contributed by atoms with Gasteiger partial charge in [0.2, 0.25) is 0 Å². The Kier molecular flexibility index (Phi) is 1.90. The molecule has 0 saturated carbocycles. The fourth-order valence-corrected chi connectivity index (χ4v) is 0.621. The highest BCUT2D eigenvalue weighted by Gasteiger charge is 1.98. The fourth-order valence-electron chi connectivity index (χ4n) is 0.621. The van der Waals surface area contributed by atoms with Crippen LogP contribution in [0.4, 0.5) is 10.2 Å². The SMILES string of the molecule is C[B]c1cnc(N)c(F)c1. The molecule has 4 heteroatoms. The lowest BCUT2D eigenvalue weighted by atomic mass is 9.74. The number of halogens is 1. The Morgan fingerprint density at radius 1 is 1.70 bits per heavy atom. The van der Waals surface area contributed by atoms with Crippen LogP contribution in [0.15, 0.2) is 12.3 Å². The van der Waals surface area contributed by atoms with Gasteiger partial charge in [-0.3, -0.25) is 0 Å². The third-order valence-electron chi connectivity index (χ3n) is 1.22. The molecule has 0 bridgehead atoms. The van der Waals surface area contributed by atoms with Crippen LogP contribution in [0.5, 0.6) is 0 Å². The molecule has 0 aromatic carbocycles. The van der Waals surface area contributed by atoms with Gasteiger partial charge < -0.3 is 5.73 Å². The van der Waals surface area contributed by atoms with E-state index in [0.717, 1.165) is 5.46 Å². The van der Waals surface area contributed by atoms with E-state index in [1.807, 2.05) is 6.82 Å². The number of nitrogen functional groups attached to an aromatic ring is 1. The summed E-state index contributed by atoms with van der Waals surface area (Å²) >= 11 is 0. The van der Waals surface area contributed by atoms with Gasteiger partial charge >= 0.3 is 0 Å². The Morgan fingerprint density at radius 3 is 2.90 bits per heavy atom. The number of pyridine rings is 1. The van der Waals surface area contributed by atoms with Gasteiger partial charge in [0.25, 0.3) is 0 Å². The molecule has 0 atom stereocenters. The average molecular weight is 137 g/mol. The minimum absolute atomic E-state index is 0.0504. The monoisotopic (exact) mass is 137 g/mol. The number of hydrogen-bond acceptors (Lipinski definition) is 2. The summed E-state index contributed by atoms with van der Waals surface area (Å²) < 4.78 is 12.6. The molecule has 1 aromatic heterocycles. The number of hydrogen-bond donors (Lipinski definition) is 1. The van der Waals surface area contributed by atoms with E-state index < -0.39 is 5.82 Å². The first-order valence-electron chi connectivity index (χ1n) is 2.94. The van der Waals surface area contributed by atoms with E-state index in [-0.39, 0.29) is 5.82 Å². The van der Waals surface area contributed by atoms with Gasteiger partial charge in [0.1, 0.15) is 7.28 Å². The highest BCUT2D eigenvalue weighted by atomic mass is 19.1. The maximum atomic E-state index is 12.6. The molecule has 10 heavy (non-hydrogen) atoms. The zero-order chi connectivity index (χ0) is 7.56. The van der Waals surface area contributed by atoms with Crippen LogP contribution in [0.2, 0.25) is 6.82 Å². The second-order valence-corrected chi connectivity index (χ2v) is 1.92. The summed E-state index contributed by atoms with van der Waals surface area (Å²) in [6.45, 7) is 1.81. The van der Waals surface area contributed by atoms with Gasteiger partial charge in [-0.15, -0.1) is 0 Å². The molecule has 0 aliphatic heterocycles. The number of nitrogens with zero attached hydrogens (tertiary/aromatic N) is 1. The van der Waals surface area contributed by atoms with Crippen LogP contribution in [0.3, 0.4) is 0 Å². The van der Waals surface area contributed by atoms with Gasteiger partial charge in [0.15, 0.2) is 11.6 Å². The lowest BCUT2D eigenvalue weighted by Crippen LogP contribution is -2.13. The Labute approximate surface area is 59.5 Å². The van der Waals surface area contributed by atoms with Crippen LogP contribution in [-0.4, -0.2) is 12.3 Å². The van der Waals surface area contributed by atoms with Gasteiger partial charge in [0, 0.05) is 6.20 Å². The molecule has 0 unspecified atom stereocenters. The Hall–Kier alpha value is -1.06. The molecule has 2 N–H and O–H groups in total. The molecule has 0 aliphatic carbocycles. The molecule has 1 heterocycles. The van der Waals surface area contributed by atoms with E-state index in [0.29, 0.717) is 0 Å². The van der Waals surface area contributed by atoms with Crippen LogP contribution >= 0.6 is 0 Å². The van der Waals surface area contributed by atoms with Crippen molar-refractivity contribution in [2.45, 2.75) is 6.82 Å². The zero-order valence-corrected chi connectivity index (χ0v) is 5.63. The topological polar surface area (TPSA) is 38.9 Å². The molecule has 0 spiro atoms. The van der Waals surface area contributed by atoms with E-state index in [9.17, 15) is 4.39 Å². The van der Waals surface area contributed by atoms with Gasteiger partial charge in [-0.1, -0.05) is 12.3 Å². The maximum absolute atomic E-state index is 12.6. The second-order valence-electron chi connectivity index (χ2n) is 1.92. The predicted molar refractivity (Wildman–Crippen MR) is 39.9 cm³/mol. The lowest BCUT2D eigenvalue weighted by molar-refractivity contribution is 0.628. The number of anilines is 1. The van der Waals surface area contributed by atoms with Crippen molar-refractivity contribution < 1.29 is 4.39 Å². The molecule has 1 radical (unpaired) electrons. The van der Waals surface area contributed by atoms with Crippen molar-refractivity contribution >= 4 is 18.6 Å². The molecule has 0 amide bonds. The first kappa shape index (κ1) is 7.06. The van der Waals surface area contributed by atoms with Gasteiger partial charge in [-0.2, -0.15) is 0 Å². The number of nitrogens with two attached hydrogens (primary N) is 1. The molecular weight excluding hydrogens is 130 g/mol. The molecule has 1 rings (SSSR count). The summed E-state index contributed by atoms with van der Waals surface area (Å²) in [4.78, 5) is 3.62. The Balaban J connectivity index is 3.04. The fraction of sp³-hybridized carbons (Fsp3) is 0.167. The number of aromatic nitrogens is 1. The quantitative estimate of drug-likeness (QED) is 0.560. The van der Waals surface area contributed by atoms with E-state index in [1.165, 1.54) is 12.3 Å². The molecule has 0 saturated heterocycles. The highest BCUT2D eigenvalue weighted by molar-refractivity contribution is 6.51. The summed E-state index contributed by atoms with van der Waals surface area (Å²) in [5.74, 6) is -0.513. The van der Waals surface area contributed by atoms with E-state index in [2.05, 4.69) is 4.98 Å². The van der Waals surface area contributed by atoms with E-state index in [4.69, 9.17) is 5.73 Å². The first-order chi connectivity index (χ1) is 4.74. The standard InChI is InChI=1S/C6H7BFN2/c1-7-4-2-5(8)6(9)10-3-4/h2-3H,1H3,(H2,9,10). The van der Waals surface area contributed by atoms with Crippen LogP contribution in [0.1, 0.15) is 0 Å². The first-order valence-corrected chi connectivity index (χ1v) is 2.94. The lowest BCUT2D eigenvalue weighted by Gasteiger charge is -1.96. The van der Waals surface area contributed by atoms with Gasteiger partial charge in [0.05, 0.1) is 0 Å². The smallest absolute Gasteiger partial charge is 0.164 e. The summed E-state index contributed by atoms with van der Waals surface area (Å²) in [5.41, 5.74) is 5.89. The predicted octanol–water partition coefficient (Wildman–Crippen LogP) is 0.181. The van der Waals surface area contributed by atoms with Gasteiger partial charge in [-0.05, 0) is 6.07 Å². The number of rotatable bonds is 1. The Bertz CT molecular complexity index is 239. The van der Waals surface area contributed by atoms with Crippen molar-refractivity contribution in [3.63, 3.8) is 0 Å². The minimum atomic E-state index is -0.462. The molecule has 2 nitrogen and oxygen atoms in total. The summed E-state index contributed by atoms with van der Waals surface area (Å²) in [6, 6.07) is 1.35. The van der Waals surface area contributed by atoms with Crippen molar-refractivity contribution in [1.29, 1.82) is 0 Å². The molecule has 51 valence electrons. The average Bonchev–Trinajstić information content (AvgIpc) is 1.95. The van der Waals surface area contributed by atoms with Crippen molar-refractivity contribution in [3.05, 3.63) is 18.1 Å². The van der Waals surface area contributed by atoms with Crippen LogP contribution in [-0.2, 0) is 0 Å². The van der Waals surface area contributed by atoms with Gasteiger partial charge in [-0.25, -0.2) is 9.37 Å². The van der Waals surface area contributed by atoms with Crippen LogP contribution < -0.4 is 11.2 Å². The third kappa shape index (κ3) is 1.26. The highest BCUT2D eigenvalue weighted by Crippen LogP contribution is 2.00. The zero-order valence-electron chi connectivity index (χ0n) is 5.63. The summed E-state index contributed by atoms with van der Waals surface area (Å²) in [7, 11) is 1.76. The molecule has 0 aliphatic rings.